The van der Waals surface area contributed by atoms with Crippen LogP contribution < -0.4 is 0 Å². The Morgan fingerprint density at radius 2 is 0.770 bits per heavy atom. The Labute approximate surface area is 521 Å². The van der Waals surface area contributed by atoms with Crippen molar-refractivity contribution in [3.63, 3.8) is 0 Å². The number of epoxide rings is 2. The zero-order valence-corrected chi connectivity index (χ0v) is 53.7. The molecular weight excluding hydrogens is 1120 g/mol. The molecule has 0 aromatic heterocycles. The van der Waals surface area contributed by atoms with Crippen molar-refractivity contribution in [1.29, 1.82) is 0 Å². The number of aliphatic hydroxyl groups excluding tert-OH is 6. The zero-order valence-electron chi connectivity index (χ0n) is 53.7. The number of ether oxygens (including phenoxy) is 12. The molecule has 10 fully saturated rings. The zero-order chi connectivity index (χ0) is 62.7. The fourth-order valence-electron chi connectivity index (χ4n) is 11.7. The van der Waals surface area contributed by atoms with Crippen molar-refractivity contribution in [2.45, 2.75) is 249 Å². The summed E-state index contributed by atoms with van der Waals surface area (Å²) >= 11 is 0. The molecule has 20 nitrogen and oxygen atoms in total. The summed E-state index contributed by atoms with van der Waals surface area (Å²) in [7, 11) is 0. The maximum absolute atomic E-state index is 11.1. The first-order chi connectivity index (χ1) is 42.0. The first kappa shape index (κ1) is 75.5. The van der Waals surface area contributed by atoms with Gasteiger partial charge in [0.1, 0.15) is 25.8 Å². The number of esters is 2. The van der Waals surface area contributed by atoms with Crippen LogP contribution in [0.5, 0.6) is 0 Å². The Bertz CT molecular complexity index is 1780. The summed E-state index contributed by atoms with van der Waals surface area (Å²) in [5, 5.41) is 55.8. The van der Waals surface area contributed by atoms with Gasteiger partial charge in [0.15, 0.2) is 0 Å². The van der Waals surface area contributed by atoms with Crippen LogP contribution in [0.25, 0.3) is 0 Å². The van der Waals surface area contributed by atoms with Crippen LogP contribution >= 0.6 is 0 Å². The van der Waals surface area contributed by atoms with E-state index < -0.39 is 0 Å². The lowest BCUT2D eigenvalue weighted by Crippen LogP contribution is -2.46. The second-order valence-electron chi connectivity index (χ2n) is 26.7. The monoisotopic (exact) mass is 1240 g/mol. The Morgan fingerprint density at radius 1 is 0.448 bits per heavy atom. The van der Waals surface area contributed by atoms with Gasteiger partial charge in [-0.3, -0.25) is 0 Å². The third-order valence-electron chi connectivity index (χ3n) is 18.8. The van der Waals surface area contributed by atoms with Crippen LogP contribution in [-0.4, -0.2) is 210 Å². The highest BCUT2D eigenvalue weighted by atomic mass is 16.7. The van der Waals surface area contributed by atoms with E-state index in [2.05, 4.69) is 27.0 Å². The number of carbonyl (C=O) groups excluding carboxylic acids is 2. The summed E-state index contributed by atoms with van der Waals surface area (Å²) in [5.41, 5.74) is 1.00. The molecule has 6 aliphatic carbocycles. The van der Waals surface area contributed by atoms with E-state index in [1.165, 1.54) is 6.08 Å². The number of rotatable bonds is 26. The number of carbonyl (C=O) groups is 2. The van der Waals surface area contributed by atoms with Gasteiger partial charge < -0.3 is 87.5 Å². The smallest absolute Gasteiger partial charge is 0.333 e. The minimum Gasteiger partial charge on any atom is -0.462 e. The molecule has 4 saturated heterocycles. The van der Waals surface area contributed by atoms with E-state index in [0.717, 1.165) is 240 Å². The van der Waals surface area contributed by atoms with Crippen LogP contribution in [0.4, 0.5) is 0 Å². The van der Waals surface area contributed by atoms with E-state index in [4.69, 9.17) is 56.8 Å². The summed E-state index contributed by atoms with van der Waals surface area (Å²) in [6.07, 6.45) is 26.7. The molecule has 6 N–H and O–H groups in total. The van der Waals surface area contributed by atoms with Crippen molar-refractivity contribution >= 4 is 11.9 Å². The highest BCUT2D eigenvalue weighted by Gasteiger charge is 2.38. The van der Waals surface area contributed by atoms with Gasteiger partial charge in [0.05, 0.1) is 128 Å². The molecule has 0 amide bonds. The highest BCUT2D eigenvalue weighted by Crippen LogP contribution is 2.34. The minimum absolute atomic E-state index is 0.0528. The predicted octanol–water partition coefficient (Wildman–Crippen LogP) is 8.24. The van der Waals surface area contributed by atoms with Crippen LogP contribution in [0.3, 0.4) is 0 Å². The highest BCUT2D eigenvalue weighted by molar-refractivity contribution is 5.86. The molecule has 4 aliphatic heterocycles. The fraction of sp³-hybridized carbons (Fsp3) is 0.910. The van der Waals surface area contributed by atoms with Crippen molar-refractivity contribution in [2.75, 3.05) is 106 Å². The van der Waals surface area contributed by atoms with Gasteiger partial charge in [-0.1, -0.05) is 27.0 Å². The molecule has 0 spiro atoms. The molecule has 2 atom stereocenters. The standard InChI is InChI=1S/C13H24O4.C13H24O3.C11H18O3.C10H18O4.C10H18O3.C10H16O3/c1-2-13(7-15-8-13)9-16-10-17-12-5-3-11(14)4-6-12;1-2-13(9-16-10-13)8-15-7-11-3-5-12(14)6-4-11;1-8(2)11(13)14-7-9-3-5-10(12)6-4-9;11-8-1-3-9(4-2-8)14-7-12-5-10-6-13-10;11-9-3-1-8(2-4-9)5-12-6-10-7-13-10;1-2-10(12)13-7-8-3-5-9(11)6-4-8/h11-12,14H,2-10H2,1H3;11-12,14H,2-10H2,1H3;9-10,12H,1,3-7H2,2H3;8-11H,1-7H2;8-11H,1-7H2;2,8-9,11H,1,3-7H2. The third kappa shape index (κ3) is 33.3. The molecule has 506 valence electrons. The summed E-state index contributed by atoms with van der Waals surface area (Å²) in [4.78, 5) is 21.8. The molecule has 0 aromatic rings. The van der Waals surface area contributed by atoms with Gasteiger partial charge in [0.25, 0.3) is 0 Å². The molecular formula is C67H118O20. The van der Waals surface area contributed by atoms with Gasteiger partial charge >= 0.3 is 11.9 Å². The number of hydrogen-bond donors (Lipinski definition) is 6. The maximum Gasteiger partial charge on any atom is 0.333 e. The lowest BCUT2D eigenvalue weighted by atomic mass is 9.84. The minimum atomic E-state index is -0.355. The Hall–Kier alpha value is -2.22. The quantitative estimate of drug-likeness (QED) is 0.0156. The SMILES string of the molecule is C=C(C)C(=O)OCC1CCC(O)CC1.C=CC(=O)OCC1CCC(O)CC1.CCC1(COCC2CCC(O)CC2)COC1.CCC1(COCOC2CCC(O)CC2)COC1.OC1CCC(COCC2CO2)CC1.OC1CCC(OCOCC2CO2)CC1. The number of hydrogen-bond acceptors (Lipinski definition) is 20. The second kappa shape index (κ2) is 42.8. The Morgan fingerprint density at radius 3 is 1.10 bits per heavy atom. The summed E-state index contributed by atoms with van der Waals surface area (Å²) in [5.74, 6) is 1.51. The number of aliphatic hydroxyl groups is 6. The molecule has 4 heterocycles. The van der Waals surface area contributed by atoms with E-state index in [0.29, 0.717) is 80.3 Å². The summed E-state index contributed by atoms with van der Waals surface area (Å²) in [6.45, 7) is 24.4. The van der Waals surface area contributed by atoms with E-state index in [1.807, 2.05) is 0 Å². The molecule has 10 rings (SSSR count). The summed E-state index contributed by atoms with van der Waals surface area (Å²) < 4.78 is 64.0. The van der Waals surface area contributed by atoms with Crippen LogP contribution in [0.1, 0.15) is 188 Å². The summed E-state index contributed by atoms with van der Waals surface area (Å²) in [6, 6.07) is 0. The van der Waals surface area contributed by atoms with Gasteiger partial charge in [-0.15, -0.1) is 0 Å². The Kier molecular flexibility index (Phi) is 37.2. The fourth-order valence-corrected chi connectivity index (χ4v) is 11.7. The molecule has 0 bridgehead atoms. The van der Waals surface area contributed by atoms with Crippen LogP contribution in [0.2, 0.25) is 0 Å². The molecule has 10 aliphatic rings. The average Bonchev–Trinajstić information content (AvgIpc) is 3.03. The largest absolute Gasteiger partial charge is 0.462 e. The molecule has 6 saturated carbocycles. The normalized spacial score (nSPS) is 32.7. The van der Waals surface area contributed by atoms with Gasteiger partial charge in [-0.25, -0.2) is 9.59 Å². The molecule has 0 radical (unpaired) electrons. The van der Waals surface area contributed by atoms with Crippen molar-refractivity contribution < 1.29 is 97.1 Å². The van der Waals surface area contributed by atoms with Gasteiger partial charge in [-0.05, 0) is 198 Å². The van der Waals surface area contributed by atoms with Crippen molar-refractivity contribution in [3.8, 4) is 0 Å². The van der Waals surface area contributed by atoms with Crippen LogP contribution in [0, 0.1) is 34.5 Å². The third-order valence-corrected chi connectivity index (χ3v) is 18.8. The van der Waals surface area contributed by atoms with Gasteiger partial charge in [0, 0.05) is 35.7 Å². The van der Waals surface area contributed by atoms with Gasteiger partial charge in [-0.2, -0.15) is 0 Å². The van der Waals surface area contributed by atoms with E-state index in [1.54, 1.807) is 6.92 Å². The molecule has 20 heteroatoms. The maximum atomic E-state index is 11.1. The lowest BCUT2D eigenvalue weighted by Gasteiger charge is -2.40. The molecule has 0 aromatic carbocycles. The van der Waals surface area contributed by atoms with Crippen LogP contribution in [-0.2, 0) is 66.4 Å². The van der Waals surface area contributed by atoms with E-state index in [-0.39, 0.29) is 66.2 Å². The van der Waals surface area contributed by atoms with Crippen molar-refractivity contribution in [2.24, 2.45) is 34.5 Å². The lowest BCUT2D eigenvalue weighted by molar-refractivity contribution is -0.183. The molecule has 87 heavy (non-hydrogen) atoms. The van der Waals surface area contributed by atoms with Crippen LogP contribution in [0.15, 0.2) is 24.8 Å². The first-order valence-electron chi connectivity index (χ1n) is 33.6. The average molecular weight is 1240 g/mol. The Balaban J connectivity index is 0.000000191. The van der Waals surface area contributed by atoms with E-state index >= 15 is 0 Å². The first-order valence-corrected chi connectivity index (χ1v) is 33.6. The van der Waals surface area contributed by atoms with Crippen molar-refractivity contribution in [3.05, 3.63) is 24.8 Å². The predicted molar refractivity (Wildman–Crippen MR) is 327 cm³/mol. The molecule has 2 unspecified atom stereocenters. The van der Waals surface area contributed by atoms with Crippen molar-refractivity contribution in [1.82, 2.24) is 0 Å². The van der Waals surface area contributed by atoms with Gasteiger partial charge in [0.2, 0.25) is 0 Å². The topological polar surface area (TPSA) is 273 Å². The van der Waals surface area contributed by atoms with E-state index in [9.17, 15) is 40.2 Å². The second-order valence-corrected chi connectivity index (χ2v) is 26.7.